The standard InChI is InChI=1S/C20H21FN4O2S/c1-3-11-27-17-10-9-14(12-18(17)26-4-2)13-22-25-19(23-24-20(25)28)15-7-5-6-8-16(15)21/h5-10,12-13H,3-4,11H2,1-2H3,(H,24,28)/b22-13-. The van der Waals surface area contributed by atoms with Crippen LogP contribution in [0.5, 0.6) is 11.5 Å². The number of aromatic amines is 1. The van der Waals surface area contributed by atoms with E-state index in [0.717, 1.165) is 12.0 Å². The van der Waals surface area contributed by atoms with Crippen LogP contribution in [0.4, 0.5) is 4.39 Å². The van der Waals surface area contributed by atoms with E-state index in [2.05, 4.69) is 15.3 Å². The highest BCUT2D eigenvalue weighted by Crippen LogP contribution is 2.28. The number of aromatic nitrogens is 3. The number of ether oxygens (including phenoxy) is 2. The van der Waals surface area contributed by atoms with Crippen molar-refractivity contribution in [3.8, 4) is 22.9 Å². The van der Waals surface area contributed by atoms with Gasteiger partial charge in [0, 0.05) is 0 Å². The first-order valence-electron chi connectivity index (χ1n) is 9.00. The molecule has 8 heteroatoms. The molecule has 1 aromatic heterocycles. The molecule has 0 aliphatic rings. The lowest BCUT2D eigenvalue weighted by Crippen LogP contribution is -2.01. The van der Waals surface area contributed by atoms with Crippen molar-refractivity contribution in [2.45, 2.75) is 20.3 Å². The number of halogens is 1. The SMILES string of the molecule is CCCOc1ccc(/C=N\n2c(-c3ccccc3F)n[nH]c2=S)cc1OCC. The maximum Gasteiger partial charge on any atom is 0.216 e. The maximum atomic E-state index is 14.1. The van der Waals surface area contributed by atoms with E-state index >= 15 is 0 Å². The van der Waals surface area contributed by atoms with Crippen LogP contribution in [0.15, 0.2) is 47.6 Å². The molecular weight excluding hydrogens is 379 g/mol. The Balaban J connectivity index is 1.92. The topological polar surface area (TPSA) is 64.4 Å². The molecule has 0 bridgehead atoms. The minimum absolute atomic E-state index is 0.266. The van der Waals surface area contributed by atoms with Crippen molar-refractivity contribution in [3.05, 3.63) is 58.6 Å². The Morgan fingerprint density at radius 1 is 1.18 bits per heavy atom. The Bertz CT molecular complexity index is 1030. The molecule has 0 spiro atoms. The number of hydrogen-bond acceptors (Lipinski definition) is 5. The Morgan fingerprint density at radius 3 is 2.75 bits per heavy atom. The van der Waals surface area contributed by atoms with Gasteiger partial charge in [-0.2, -0.15) is 14.9 Å². The van der Waals surface area contributed by atoms with Crippen LogP contribution in [0.2, 0.25) is 0 Å². The van der Waals surface area contributed by atoms with Crippen LogP contribution in [-0.4, -0.2) is 34.3 Å². The number of benzene rings is 2. The molecule has 2 aromatic carbocycles. The molecule has 0 aliphatic heterocycles. The van der Waals surface area contributed by atoms with Crippen molar-refractivity contribution in [1.82, 2.24) is 14.9 Å². The van der Waals surface area contributed by atoms with Gasteiger partial charge in [0.05, 0.1) is 25.0 Å². The van der Waals surface area contributed by atoms with Crippen molar-refractivity contribution in [2.75, 3.05) is 13.2 Å². The molecule has 0 aliphatic carbocycles. The molecule has 0 saturated heterocycles. The second-order valence-corrected chi connectivity index (χ2v) is 6.26. The first-order chi connectivity index (χ1) is 13.6. The fourth-order valence-corrected chi connectivity index (χ4v) is 2.72. The second kappa shape index (κ2) is 9.27. The minimum atomic E-state index is -0.399. The Kier molecular flexibility index (Phi) is 6.54. The molecule has 0 fully saturated rings. The van der Waals surface area contributed by atoms with Crippen molar-refractivity contribution in [3.63, 3.8) is 0 Å². The van der Waals surface area contributed by atoms with Crippen LogP contribution in [0.25, 0.3) is 11.4 Å². The summed E-state index contributed by atoms with van der Waals surface area (Å²) in [4.78, 5) is 0. The smallest absolute Gasteiger partial charge is 0.216 e. The van der Waals surface area contributed by atoms with E-state index in [4.69, 9.17) is 21.7 Å². The molecule has 0 radical (unpaired) electrons. The summed E-state index contributed by atoms with van der Waals surface area (Å²) in [6, 6.07) is 11.9. The summed E-state index contributed by atoms with van der Waals surface area (Å²) in [5.74, 6) is 1.23. The lowest BCUT2D eigenvalue weighted by Gasteiger charge is -2.11. The lowest BCUT2D eigenvalue weighted by atomic mass is 10.2. The average molecular weight is 400 g/mol. The van der Waals surface area contributed by atoms with Crippen LogP contribution in [0.3, 0.4) is 0 Å². The summed E-state index contributed by atoms with van der Waals surface area (Å²) in [5, 5.41) is 11.1. The largest absolute Gasteiger partial charge is 0.490 e. The monoisotopic (exact) mass is 400 g/mol. The van der Waals surface area contributed by atoms with E-state index in [-0.39, 0.29) is 4.77 Å². The zero-order valence-corrected chi connectivity index (χ0v) is 16.5. The molecule has 0 saturated carbocycles. The summed E-state index contributed by atoms with van der Waals surface area (Å²) in [6.07, 6.45) is 2.52. The first kappa shape index (κ1) is 19.8. The van der Waals surface area contributed by atoms with Crippen LogP contribution >= 0.6 is 12.2 Å². The van der Waals surface area contributed by atoms with Crippen LogP contribution in [0, 0.1) is 10.6 Å². The van der Waals surface area contributed by atoms with Gasteiger partial charge in [0.2, 0.25) is 4.77 Å². The van der Waals surface area contributed by atoms with Gasteiger partial charge >= 0.3 is 0 Å². The predicted octanol–water partition coefficient (Wildman–Crippen LogP) is 4.82. The van der Waals surface area contributed by atoms with Gasteiger partial charge in [0.25, 0.3) is 0 Å². The molecule has 0 amide bonds. The summed E-state index contributed by atoms with van der Waals surface area (Å²) in [6.45, 7) is 5.09. The van der Waals surface area contributed by atoms with E-state index in [9.17, 15) is 4.39 Å². The third kappa shape index (κ3) is 4.45. The highest BCUT2D eigenvalue weighted by atomic mass is 32.1. The van der Waals surface area contributed by atoms with Gasteiger partial charge in [-0.25, -0.2) is 9.49 Å². The van der Waals surface area contributed by atoms with Crippen molar-refractivity contribution < 1.29 is 13.9 Å². The minimum Gasteiger partial charge on any atom is -0.490 e. The van der Waals surface area contributed by atoms with E-state index in [1.54, 1.807) is 24.4 Å². The Labute approximate surface area is 167 Å². The van der Waals surface area contributed by atoms with Gasteiger partial charge in [-0.15, -0.1) is 0 Å². The number of rotatable bonds is 8. The molecule has 0 atom stereocenters. The second-order valence-electron chi connectivity index (χ2n) is 5.88. The summed E-state index contributed by atoms with van der Waals surface area (Å²) in [5.41, 5.74) is 1.10. The van der Waals surface area contributed by atoms with Crippen molar-refractivity contribution >= 4 is 18.4 Å². The molecule has 3 rings (SSSR count). The van der Waals surface area contributed by atoms with Crippen molar-refractivity contribution in [1.29, 1.82) is 0 Å². The zero-order chi connectivity index (χ0) is 19.9. The van der Waals surface area contributed by atoms with E-state index < -0.39 is 5.82 Å². The third-order valence-electron chi connectivity index (χ3n) is 3.82. The fourth-order valence-electron chi connectivity index (χ4n) is 2.54. The molecule has 146 valence electrons. The quantitative estimate of drug-likeness (QED) is 0.435. The van der Waals surface area contributed by atoms with E-state index in [0.29, 0.717) is 36.1 Å². The molecule has 1 N–H and O–H groups in total. The number of hydrogen-bond donors (Lipinski definition) is 1. The van der Waals surface area contributed by atoms with Crippen LogP contribution in [-0.2, 0) is 0 Å². The van der Waals surface area contributed by atoms with Crippen LogP contribution in [0.1, 0.15) is 25.8 Å². The summed E-state index contributed by atoms with van der Waals surface area (Å²) >= 11 is 5.23. The first-order valence-corrected chi connectivity index (χ1v) is 9.41. The normalized spacial score (nSPS) is 11.1. The molecule has 28 heavy (non-hydrogen) atoms. The number of H-pyrrole nitrogens is 1. The maximum absolute atomic E-state index is 14.1. The lowest BCUT2D eigenvalue weighted by molar-refractivity contribution is 0.277. The molecule has 0 unspecified atom stereocenters. The van der Waals surface area contributed by atoms with Crippen molar-refractivity contribution in [2.24, 2.45) is 5.10 Å². The molecule has 3 aromatic rings. The average Bonchev–Trinajstić information content (AvgIpc) is 3.06. The van der Waals surface area contributed by atoms with Gasteiger partial charge < -0.3 is 9.47 Å². The highest BCUT2D eigenvalue weighted by molar-refractivity contribution is 7.71. The Hall–Kier alpha value is -3.00. The van der Waals surface area contributed by atoms with Gasteiger partial charge in [-0.1, -0.05) is 19.1 Å². The summed E-state index contributed by atoms with van der Waals surface area (Å²) in [7, 11) is 0. The third-order valence-corrected chi connectivity index (χ3v) is 4.08. The van der Waals surface area contributed by atoms with E-state index in [1.807, 2.05) is 32.0 Å². The van der Waals surface area contributed by atoms with Gasteiger partial charge in [-0.3, -0.25) is 0 Å². The predicted molar refractivity (Wildman–Crippen MR) is 109 cm³/mol. The number of nitrogens with one attached hydrogen (secondary N) is 1. The van der Waals surface area contributed by atoms with Crippen LogP contribution < -0.4 is 9.47 Å². The Morgan fingerprint density at radius 2 is 2.00 bits per heavy atom. The van der Waals surface area contributed by atoms with Gasteiger partial charge in [0.1, 0.15) is 5.82 Å². The molecule has 1 heterocycles. The molecule has 6 nitrogen and oxygen atoms in total. The highest BCUT2D eigenvalue weighted by Gasteiger charge is 2.12. The molecular formula is C20H21FN4O2S. The van der Waals surface area contributed by atoms with Gasteiger partial charge in [-0.05, 0) is 61.5 Å². The zero-order valence-electron chi connectivity index (χ0n) is 15.7. The summed E-state index contributed by atoms with van der Waals surface area (Å²) < 4.78 is 27.1. The number of nitrogens with zero attached hydrogens (tertiary/aromatic N) is 3. The van der Waals surface area contributed by atoms with Gasteiger partial charge in [0.15, 0.2) is 17.3 Å². The fraction of sp³-hybridized carbons (Fsp3) is 0.250. The van der Waals surface area contributed by atoms with E-state index in [1.165, 1.54) is 10.7 Å².